The molecule has 0 saturated carbocycles. The van der Waals surface area contributed by atoms with Crippen molar-refractivity contribution in [2.24, 2.45) is 0 Å². The molecule has 2 aromatic carbocycles. The van der Waals surface area contributed by atoms with Gasteiger partial charge in [0, 0.05) is 22.2 Å². The number of ether oxygens (including phenoxy) is 1. The molecule has 1 N–H and O–H groups in total. The summed E-state index contributed by atoms with van der Waals surface area (Å²) in [6.07, 6.45) is 4.59. The molecule has 0 bridgehead atoms. The first-order valence-electron chi connectivity index (χ1n) is 9.54. The minimum atomic E-state index is -0.359. The Kier molecular flexibility index (Phi) is 5.58. The SMILES string of the molecule is Cc1ccc(C=CCCNC(=O)OCC2c3ccccc3-c3ccccc32)s1. The summed E-state index contributed by atoms with van der Waals surface area (Å²) in [7, 11) is 0. The molecule has 3 nitrogen and oxygen atoms in total. The number of alkyl carbamates (subject to hydrolysis) is 1. The van der Waals surface area contributed by atoms with Crippen LogP contribution in [0.15, 0.2) is 66.7 Å². The van der Waals surface area contributed by atoms with Crippen LogP contribution in [-0.2, 0) is 4.74 Å². The molecule has 0 spiro atoms. The van der Waals surface area contributed by atoms with Gasteiger partial charge in [0.2, 0.25) is 0 Å². The van der Waals surface area contributed by atoms with E-state index in [1.54, 1.807) is 11.3 Å². The van der Waals surface area contributed by atoms with Crippen LogP contribution >= 0.6 is 11.3 Å². The average Bonchev–Trinajstić information content (AvgIpc) is 3.27. The van der Waals surface area contributed by atoms with Gasteiger partial charge in [-0.1, -0.05) is 54.6 Å². The highest BCUT2D eigenvalue weighted by Crippen LogP contribution is 2.44. The Morgan fingerprint density at radius 3 is 2.36 bits per heavy atom. The second kappa shape index (κ2) is 8.44. The molecule has 1 heterocycles. The van der Waals surface area contributed by atoms with Crippen molar-refractivity contribution in [2.45, 2.75) is 19.3 Å². The molecule has 4 heteroatoms. The van der Waals surface area contributed by atoms with E-state index in [1.807, 2.05) is 12.1 Å². The number of amides is 1. The van der Waals surface area contributed by atoms with Crippen molar-refractivity contribution in [3.63, 3.8) is 0 Å². The molecule has 1 aliphatic rings. The van der Waals surface area contributed by atoms with E-state index < -0.39 is 0 Å². The van der Waals surface area contributed by atoms with E-state index in [1.165, 1.54) is 32.0 Å². The number of carbonyl (C=O) groups excluding carboxylic acids is 1. The average molecular weight is 390 g/mol. The number of aryl methyl sites for hydroxylation is 1. The molecule has 1 aliphatic carbocycles. The zero-order valence-corrected chi connectivity index (χ0v) is 16.7. The third-order valence-corrected chi connectivity index (χ3v) is 5.93. The number of thiophene rings is 1. The van der Waals surface area contributed by atoms with Crippen LogP contribution in [0.2, 0.25) is 0 Å². The fraction of sp³-hybridized carbons (Fsp3) is 0.208. The van der Waals surface area contributed by atoms with Gasteiger partial charge in [0.15, 0.2) is 0 Å². The molecule has 142 valence electrons. The highest BCUT2D eigenvalue weighted by atomic mass is 32.1. The summed E-state index contributed by atoms with van der Waals surface area (Å²) >= 11 is 1.76. The van der Waals surface area contributed by atoms with E-state index in [-0.39, 0.29) is 12.0 Å². The van der Waals surface area contributed by atoms with E-state index in [9.17, 15) is 4.79 Å². The van der Waals surface area contributed by atoms with Gasteiger partial charge in [-0.15, -0.1) is 11.3 Å². The fourth-order valence-electron chi connectivity index (χ4n) is 3.65. The Bertz CT molecular complexity index is 960. The third kappa shape index (κ3) is 4.02. The number of benzene rings is 2. The van der Waals surface area contributed by atoms with Gasteiger partial charge in [0.1, 0.15) is 6.61 Å². The highest BCUT2D eigenvalue weighted by molar-refractivity contribution is 7.12. The van der Waals surface area contributed by atoms with Crippen molar-refractivity contribution in [3.05, 3.63) is 87.6 Å². The Hall–Kier alpha value is -2.85. The van der Waals surface area contributed by atoms with Gasteiger partial charge in [-0.25, -0.2) is 4.79 Å². The minimum Gasteiger partial charge on any atom is -0.449 e. The van der Waals surface area contributed by atoms with Crippen LogP contribution in [0.25, 0.3) is 17.2 Å². The monoisotopic (exact) mass is 389 g/mol. The summed E-state index contributed by atoms with van der Waals surface area (Å²) < 4.78 is 5.54. The highest BCUT2D eigenvalue weighted by Gasteiger charge is 2.28. The second-order valence-corrected chi connectivity index (χ2v) is 8.21. The van der Waals surface area contributed by atoms with Crippen LogP contribution in [0, 0.1) is 6.92 Å². The lowest BCUT2D eigenvalue weighted by Gasteiger charge is -2.14. The minimum absolute atomic E-state index is 0.0973. The summed E-state index contributed by atoms with van der Waals surface area (Å²) in [4.78, 5) is 14.6. The largest absolute Gasteiger partial charge is 0.449 e. The van der Waals surface area contributed by atoms with E-state index >= 15 is 0 Å². The van der Waals surface area contributed by atoms with Crippen molar-refractivity contribution < 1.29 is 9.53 Å². The number of fused-ring (bicyclic) bond motifs is 3. The van der Waals surface area contributed by atoms with Gasteiger partial charge in [-0.05, 0) is 53.8 Å². The number of hydrogen-bond acceptors (Lipinski definition) is 3. The maximum Gasteiger partial charge on any atom is 0.407 e. The second-order valence-electron chi connectivity index (χ2n) is 6.89. The Morgan fingerprint density at radius 1 is 1.04 bits per heavy atom. The molecule has 0 aliphatic heterocycles. The molecular formula is C24H23NO2S. The molecule has 1 amide bonds. The van der Waals surface area contributed by atoms with Gasteiger partial charge in [-0.3, -0.25) is 0 Å². The standard InChI is InChI=1S/C24H23NO2S/c1-17-13-14-18(28-17)8-6-7-15-25-24(26)27-16-23-21-11-4-2-9-19(21)20-10-3-5-12-22(20)23/h2-6,8-14,23H,7,15-16H2,1H3,(H,25,26). The van der Waals surface area contributed by atoms with Crippen LogP contribution in [0.1, 0.15) is 33.2 Å². The van der Waals surface area contributed by atoms with Crippen LogP contribution < -0.4 is 5.32 Å². The van der Waals surface area contributed by atoms with E-state index in [2.05, 4.69) is 72.9 Å². The lowest BCUT2D eigenvalue weighted by molar-refractivity contribution is 0.143. The lowest BCUT2D eigenvalue weighted by atomic mass is 9.98. The number of nitrogens with one attached hydrogen (secondary N) is 1. The molecule has 4 rings (SSSR count). The number of carbonyl (C=O) groups is 1. The van der Waals surface area contributed by atoms with E-state index in [0.717, 1.165) is 6.42 Å². The first-order chi connectivity index (χ1) is 13.7. The van der Waals surface area contributed by atoms with Gasteiger partial charge < -0.3 is 10.1 Å². The number of rotatable bonds is 6. The van der Waals surface area contributed by atoms with Crippen LogP contribution in [0.3, 0.4) is 0 Å². The summed E-state index contributed by atoms with van der Waals surface area (Å²) in [5.41, 5.74) is 4.93. The van der Waals surface area contributed by atoms with Gasteiger partial charge in [0.25, 0.3) is 0 Å². The smallest absolute Gasteiger partial charge is 0.407 e. The summed E-state index contributed by atoms with van der Waals surface area (Å²) in [6.45, 7) is 3.02. The van der Waals surface area contributed by atoms with Gasteiger partial charge >= 0.3 is 6.09 Å². The predicted octanol–water partition coefficient (Wildman–Crippen LogP) is 6.00. The van der Waals surface area contributed by atoms with Crippen molar-refractivity contribution in [3.8, 4) is 11.1 Å². The molecule has 28 heavy (non-hydrogen) atoms. The quantitative estimate of drug-likeness (QED) is 0.525. The molecule has 1 aromatic heterocycles. The maximum atomic E-state index is 12.1. The molecule has 0 fully saturated rings. The third-order valence-electron chi connectivity index (χ3n) is 4.97. The normalized spacial score (nSPS) is 12.8. The Labute approximate surface area is 169 Å². The molecular weight excluding hydrogens is 366 g/mol. The zero-order valence-electron chi connectivity index (χ0n) is 15.9. The summed E-state index contributed by atoms with van der Waals surface area (Å²) in [6, 6.07) is 20.9. The first kappa shape index (κ1) is 18.5. The summed E-state index contributed by atoms with van der Waals surface area (Å²) in [5.74, 6) is 0.0973. The fourth-order valence-corrected chi connectivity index (χ4v) is 4.46. The van der Waals surface area contributed by atoms with Crippen LogP contribution in [-0.4, -0.2) is 19.2 Å². The molecule has 0 atom stereocenters. The molecule has 0 radical (unpaired) electrons. The number of hydrogen-bond donors (Lipinski definition) is 1. The van der Waals surface area contributed by atoms with E-state index in [0.29, 0.717) is 13.2 Å². The zero-order chi connectivity index (χ0) is 19.3. The molecule has 0 unspecified atom stereocenters. The lowest BCUT2D eigenvalue weighted by Crippen LogP contribution is -2.26. The van der Waals surface area contributed by atoms with Gasteiger partial charge in [-0.2, -0.15) is 0 Å². The van der Waals surface area contributed by atoms with Crippen LogP contribution in [0.5, 0.6) is 0 Å². The summed E-state index contributed by atoms with van der Waals surface area (Å²) in [5, 5.41) is 2.84. The Balaban J connectivity index is 1.29. The Morgan fingerprint density at radius 2 is 1.71 bits per heavy atom. The van der Waals surface area contributed by atoms with Crippen LogP contribution in [0.4, 0.5) is 4.79 Å². The van der Waals surface area contributed by atoms with E-state index in [4.69, 9.17) is 4.74 Å². The van der Waals surface area contributed by atoms with Crippen molar-refractivity contribution in [1.82, 2.24) is 5.32 Å². The molecule has 3 aromatic rings. The predicted molar refractivity (Wildman–Crippen MR) is 116 cm³/mol. The van der Waals surface area contributed by atoms with Crippen molar-refractivity contribution in [1.29, 1.82) is 0 Å². The van der Waals surface area contributed by atoms with Gasteiger partial charge in [0.05, 0.1) is 0 Å². The van der Waals surface area contributed by atoms with Crippen molar-refractivity contribution >= 4 is 23.5 Å². The first-order valence-corrected chi connectivity index (χ1v) is 10.4. The van der Waals surface area contributed by atoms with Crippen molar-refractivity contribution in [2.75, 3.05) is 13.2 Å². The molecule has 0 saturated heterocycles. The topological polar surface area (TPSA) is 38.3 Å². The maximum absolute atomic E-state index is 12.1.